The zero-order valence-electron chi connectivity index (χ0n) is 10.2. The summed E-state index contributed by atoms with van der Waals surface area (Å²) in [6.45, 7) is 1.40. The van der Waals surface area contributed by atoms with Crippen LogP contribution < -0.4 is 0 Å². The van der Waals surface area contributed by atoms with E-state index in [1.807, 2.05) is 4.90 Å². The fourth-order valence-corrected chi connectivity index (χ4v) is 2.53. The number of carboxylic acid groups (broad SMARTS) is 1. The van der Waals surface area contributed by atoms with Gasteiger partial charge in [-0.2, -0.15) is 0 Å². The van der Waals surface area contributed by atoms with Gasteiger partial charge in [-0.3, -0.25) is 9.69 Å². The van der Waals surface area contributed by atoms with Crippen molar-refractivity contribution < 1.29 is 19.4 Å². The van der Waals surface area contributed by atoms with Crippen LogP contribution in [0.3, 0.4) is 0 Å². The van der Waals surface area contributed by atoms with Gasteiger partial charge in [-0.05, 0) is 30.7 Å². The highest BCUT2D eigenvalue weighted by Gasteiger charge is 2.32. The van der Waals surface area contributed by atoms with E-state index in [0.717, 1.165) is 5.56 Å². The average molecular weight is 288 g/mol. The molecule has 1 aliphatic heterocycles. The van der Waals surface area contributed by atoms with E-state index in [1.165, 1.54) is 6.07 Å². The van der Waals surface area contributed by atoms with Crippen molar-refractivity contribution in [1.29, 1.82) is 0 Å². The lowest BCUT2D eigenvalue weighted by Gasteiger charge is -2.33. The molecule has 1 fully saturated rings. The number of carbonyl (C=O) groups is 1. The Bertz CT molecular complexity index is 483. The van der Waals surface area contributed by atoms with Gasteiger partial charge in [0.2, 0.25) is 0 Å². The monoisotopic (exact) mass is 287 g/mol. The molecule has 0 radical (unpaired) electrons. The van der Waals surface area contributed by atoms with Crippen LogP contribution in [0.4, 0.5) is 4.39 Å². The summed E-state index contributed by atoms with van der Waals surface area (Å²) in [4.78, 5) is 12.8. The number of β-amino-alcohol motifs (C(OH)–C–C–N with tert-alkyl or cyclic N) is 1. The van der Waals surface area contributed by atoms with Crippen molar-refractivity contribution in [2.75, 3.05) is 13.1 Å². The molecule has 2 atom stereocenters. The molecule has 4 nitrogen and oxygen atoms in total. The lowest BCUT2D eigenvalue weighted by molar-refractivity contribution is -0.148. The molecule has 0 aliphatic carbocycles. The minimum absolute atomic E-state index is 0.0680. The van der Waals surface area contributed by atoms with Gasteiger partial charge in [-0.25, -0.2) is 4.39 Å². The molecule has 0 bridgehead atoms. The summed E-state index contributed by atoms with van der Waals surface area (Å²) in [6.07, 6.45) is -0.465. The predicted octanol–water partition coefficient (Wildman–Crippen LogP) is 1.75. The molecule has 0 unspecified atom stereocenters. The molecule has 2 N–H and O–H groups in total. The van der Waals surface area contributed by atoms with E-state index in [1.54, 1.807) is 12.1 Å². The normalized spacial score (nSPS) is 24.4. The molecule has 1 heterocycles. The van der Waals surface area contributed by atoms with Gasteiger partial charge < -0.3 is 10.2 Å². The number of nitrogens with zero attached hydrogens (tertiary/aromatic N) is 1. The predicted molar refractivity (Wildman–Crippen MR) is 68.4 cm³/mol. The Morgan fingerprint density at radius 1 is 1.53 bits per heavy atom. The molecular weight excluding hydrogens is 273 g/mol. The van der Waals surface area contributed by atoms with Crippen molar-refractivity contribution in [1.82, 2.24) is 4.90 Å². The van der Waals surface area contributed by atoms with Crippen molar-refractivity contribution in [2.24, 2.45) is 5.92 Å². The molecule has 1 aromatic carbocycles. The van der Waals surface area contributed by atoms with Crippen LogP contribution in [0.1, 0.15) is 12.0 Å². The van der Waals surface area contributed by atoms with Gasteiger partial charge in [0.1, 0.15) is 5.82 Å². The second-order valence-electron chi connectivity index (χ2n) is 4.78. The van der Waals surface area contributed by atoms with Crippen LogP contribution in [0.25, 0.3) is 0 Å². The van der Waals surface area contributed by atoms with Crippen molar-refractivity contribution in [3.63, 3.8) is 0 Å². The summed E-state index contributed by atoms with van der Waals surface area (Å²) in [5.74, 6) is -2.12. The smallest absolute Gasteiger partial charge is 0.309 e. The molecule has 104 valence electrons. The lowest BCUT2D eigenvalue weighted by atomic mass is 9.94. The number of hydrogen-bond acceptors (Lipinski definition) is 3. The first kappa shape index (κ1) is 14.2. The van der Waals surface area contributed by atoms with E-state index in [2.05, 4.69) is 0 Å². The molecule has 0 amide bonds. The maximum absolute atomic E-state index is 13.0. The summed E-state index contributed by atoms with van der Waals surface area (Å²) >= 11 is 5.70. The number of halogens is 2. The highest BCUT2D eigenvalue weighted by molar-refractivity contribution is 6.30. The molecule has 6 heteroatoms. The van der Waals surface area contributed by atoms with Gasteiger partial charge in [0.05, 0.1) is 17.0 Å². The number of aliphatic hydroxyl groups excluding tert-OH is 1. The van der Waals surface area contributed by atoms with Crippen LogP contribution in [0.15, 0.2) is 18.2 Å². The molecule has 0 spiro atoms. The average Bonchev–Trinajstić information content (AvgIpc) is 2.33. The number of aliphatic carboxylic acids is 1. The minimum Gasteiger partial charge on any atom is -0.481 e. The number of aliphatic hydroxyl groups is 1. The third-order valence-corrected chi connectivity index (χ3v) is 3.66. The topological polar surface area (TPSA) is 60.8 Å². The van der Waals surface area contributed by atoms with Gasteiger partial charge in [-0.1, -0.05) is 17.7 Å². The first-order valence-corrected chi connectivity index (χ1v) is 6.42. The maximum atomic E-state index is 13.0. The number of hydrogen-bond donors (Lipinski definition) is 2. The molecule has 1 saturated heterocycles. The van der Waals surface area contributed by atoms with Crippen molar-refractivity contribution in [2.45, 2.75) is 19.1 Å². The third kappa shape index (κ3) is 3.43. The van der Waals surface area contributed by atoms with Crippen LogP contribution in [-0.2, 0) is 11.3 Å². The number of benzene rings is 1. The number of carboxylic acids is 1. The standard InChI is InChI=1S/C13H15ClFNO3/c14-10-5-8(1-2-11(10)15)6-16-4-3-9(13(18)19)12(17)7-16/h1-2,5,9,12,17H,3-4,6-7H2,(H,18,19)/t9-,12+/m0/s1. The van der Waals surface area contributed by atoms with Crippen molar-refractivity contribution >= 4 is 17.6 Å². The summed E-state index contributed by atoms with van der Waals surface area (Å²) in [5.41, 5.74) is 0.840. The van der Waals surface area contributed by atoms with Crippen LogP contribution >= 0.6 is 11.6 Å². The second-order valence-corrected chi connectivity index (χ2v) is 5.19. The fraction of sp³-hybridized carbons (Fsp3) is 0.462. The molecular formula is C13H15ClFNO3. The van der Waals surface area contributed by atoms with Crippen LogP contribution in [0, 0.1) is 11.7 Å². The van der Waals surface area contributed by atoms with E-state index >= 15 is 0 Å². The Balaban J connectivity index is 1.98. The quantitative estimate of drug-likeness (QED) is 0.889. The Labute approximate surface area is 115 Å². The highest BCUT2D eigenvalue weighted by atomic mass is 35.5. The first-order chi connectivity index (χ1) is 8.97. The summed E-state index contributed by atoms with van der Waals surface area (Å²) in [7, 11) is 0. The van der Waals surface area contributed by atoms with Gasteiger partial charge in [0, 0.05) is 13.1 Å². The Morgan fingerprint density at radius 2 is 2.26 bits per heavy atom. The van der Waals surface area contributed by atoms with Crippen molar-refractivity contribution in [3.05, 3.63) is 34.6 Å². The SMILES string of the molecule is O=C(O)[C@H]1CCN(Cc2ccc(F)c(Cl)c2)C[C@H]1O. The molecule has 0 saturated carbocycles. The minimum atomic E-state index is -0.961. The summed E-state index contributed by atoms with van der Waals surface area (Å²) in [5, 5.41) is 18.8. The fourth-order valence-electron chi connectivity index (χ4n) is 2.32. The van der Waals surface area contributed by atoms with E-state index < -0.39 is 23.8 Å². The Kier molecular flexibility index (Phi) is 4.39. The molecule has 0 aromatic heterocycles. The number of piperidine rings is 1. The number of likely N-dealkylation sites (tertiary alicyclic amines) is 1. The molecule has 19 heavy (non-hydrogen) atoms. The van der Waals surface area contributed by atoms with Gasteiger partial charge in [0.25, 0.3) is 0 Å². The molecule has 1 aromatic rings. The zero-order chi connectivity index (χ0) is 14.0. The molecule has 1 aliphatic rings. The Hall–Kier alpha value is -1.17. The number of rotatable bonds is 3. The van der Waals surface area contributed by atoms with Crippen LogP contribution in [0.5, 0.6) is 0 Å². The largest absolute Gasteiger partial charge is 0.481 e. The van der Waals surface area contributed by atoms with E-state index in [4.69, 9.17) is 16.7 Å². The summed E-state index contributed by atoms with van der Waals surface area (Å²) in [6, 6.07) is 4.49. The van der Waals surface area contributed by atoms with Crippen LogP contribution in [-0.4, -0.2) is 40.3 Å². The Morgan fingerprint density at radius 3 is 2.84 bits per heavy atom. The van der Waals surface area contributed by atoms with Gasteiger partial charge in [0.15, 0.2) is 0 Å². The van der Waals surface area contributed by atoms with E-state index in [9.17, 15) is 14.3 Å². The van der Waals surface area contributed by atoms with E-state index in [0.29, 0.717) is 26.1 Å². The van der Waals surface area contributed by atoms with Gasteiger partial charge >= 0.3 is 5.97 Å². The van der Waals surface area contributed by atoms with Gasteiger partial charge in [-0.15, -0.1) is 0 Å². The maximum Gasteiger partial charge on any atom is 0.309 e. The second kappa shape index (κ2) is 5.86. The highest BCUT2D eigenvalue weighted by Crippen LogP contribution is 2.22. The third-order valence-electron chi connectivity index (χ3n) is 3.37. The zero-order valence-corrected chi connectivity index (χ0v) is 11.0. The van der Waals surface area contributed by atoms with Crippen molar-refractivity contribution in [3.8, 4) is 0 Å². The molecule has 2 rings (SSSR count). The van der Waals surface area contributed by atoms with Crippen LogP contribution in [0.2, 0.25) is 5.02 Å². The van der Waals surface area contributed by atoms with E-state index in [-0.39, 0.29) is 5.02 Å². The lowest BCUT2D eigenvalue weighted by Crippen LogP contribution is -2.46. The first-order valence-electron chi connectivity index (χ1n) is 6.04. The summed E-state index contributed by atoms with van der Waals surface area (Å²) < 4.78 is 13.0.